The van der Waals surface area contributed by atoms with Crippen LogP contribution >= 0.6 is 0 Å². The lowest BCUT2D eigenvalue weighted by molar-refractivity contribution is 0.139. The van der Waals surface area contributed by atoms with Gasteiger partial charge in [-0.15, -0.1) is 0 Å². The molecule has 0 aliphatic rings. The number of fused-ring (bicyclic) bond motifs is 1. The fourth-order valence-corrected chi connectivity index (χ4v) is 2.01. The van der Waals surface area contributed by atoms with E-state index in [1.54, 1.807) is 30.3 Å². The Balaban J connectivity index is 2.67. The van der Waals surface area contributed by atoms with E-state index in [-0.39, 0.29) is 11.3 Å². The van der Waals surface area contributed by atoms with Crippen molar-refractivity contribution in [3.63, 3.8) is 0 Å². The van der Waals surface area contributed by atoms with Crippen LogP contribution in [0.1, 0.15) is 12.5 Å². The van der Waals surface area contributed by atoms with Crippen LogP contribution in [0.3, 0.4) is 0 Å². The minimum atomic E-state index is -0.488. The summed E-state index contributed by atoms with van der Waals surface area (Å²) in [7, 11) is 0. The van der Waals surface area contributed by atoms with Gasteiger partial charge >= 0.3 is 0 Å². The van der Waals surface area contributed by atoms with Crippen LogP contribution in [0.2, 0.25) is 0 Å². The van der Waals surface area contributed by atoms with Crippen molar-refractivity contribution in [2.75, 3.05) is 13.2 Å². The number of benzene rings is 1. The molecule has 0 saturated carbocycles. The molecule has 1 aromatic carbocycles. The van der Waals surface area contributed by atoms with Crippen LogP contribution in [-0.4, -0.2) is 22.9 Å². The molecular formula is C14H14N2O3. The molecular weight excluding hydrogens is 244 g/mol. The Morgan fingerprint density at radius 2 is 2.16 bits per heavy atom. The highest BCUT2D eigenvalue weighted by Crippen LogP contribution is 2.25. The maximum Gasteiger partial charge on any atom is 0.272 e. The fourth-order valence-electron chi connectivity index (χ4n) is 2.01. The SMILES string of the molecule is CCOCCn1c(=O)c(C#N)c(O)c2ccccc21. The van der Waals surface area contributed by atoms with Gasteiger partial charge in [0.15, 0.2) is 5.56 Å². The summed E-state index contributed by atoms with van der Waals surface area (Å²) in [5, 5.41) is 19.5. The van der Waals surface area contributed by atoms with Gasteiger partial charge in [0, 0.05) is 18.5 Å². The molecule has 1 heterocycles. The van der Waals surface area contributed by atoms with Crippen molar-refractivity contribution in [2.24, 2.45) is 0 Å². The molecule has 0 atom stereocenters. The molecule has 19 heavy (non-hydrogen) atoms. The van der Waals surface area contributed by atoms with Crippen molar-refractivity contribution < 1.29 is 9.84 Å². The van der Waals surface area contributed by atoms with Crippen molar-refractivity contribution in [3.8, 4) is 11.8 Å². The van der Waals surface area contributed by atoms with Gasteiger partial charge in [-0.25, -0.2) is 0 Å². The number of nitriles is 1. The molecule has 0 unspecified atom stereocenters. The molecule has 1 aromatic heterocycles. The van der Waals surface area contributed by atoms with Gasteiger partial charge in [0.2, 0.25) is 0 Å². The van der Waals surface area contributed by atoms with Gasteiger partial charge in [-0.05, 0) is 19.1 Å². The van der Waals surface area contributed by atoms with Gasteiger partial charge < -0.3 is 14.4 Å². The molecule has 0 amide bonds. The van der Waals surface area contributed by atoms with Crippen molar-refractivity contribution in [1.29, 1.82) is 5.26 Å². The average molecular weight is 258 g/mol. The number of nitrogens with zero attached hydrogens (tertiary/aromatic N) is 2. The van der Waals surface area contributed by atoms with Crippen molar-refractivity contribution >= 4 is 10.9 Å². The summed E-state index contributed by atoms with van der Waals surface area (Å²) in [6.07, 6.45) is 0. The highest BCUT2D eigenvalue weighted by atomic mass is 16.5. The highest BCUT2D eigenvalue weighted by molar-refractivity contribution is 5.87. The second-order valence-electron chi connectivity index (χ2n) is 4.01. The van der Waals surface area contributed by atoms with E-state index in [0.29, 0.717) is 30.7 Å². The normalized spacial score (nSPS) is 10.5. The van der Waals surface area contributed by atoms with E-state index in [0.717, 1.165) is 0 Å². The maximum absolute atomic E-state index is 12.2. The molecule has 0 saturated heterocycles. The molecule has 1 N–H and O–H groups in total. The van der Waals surface area contributed by atoms with Crippen LogP contribution in [0, 0.1) is 11.3 Å². The summed E-state index contributed by atoms with van der Waals surface area (Å²) in [6, 6.07) is 8.72. The molecule has 98 valence electrons. The van der Waals surface area contributed by atoms with Crippen molar-refractivity contribution in [1.82, 2.24) is 4.57 Å². The van der Waals surface area contributed by atoms with Gasteiger partial charge in [-0.2, -0.15) is 5.26 Å². The number of ether oxygens (including phenoxy) is 1. The Bertz CT molecular complexity index is 698. The van der Waals surface area contributed by atoms with Gasteiger partial charge in [-0.1, -0.05) is 12.1 Å². The molecule has 2 aromatic rings. The lowest BCUT2D eigenvalue weighted by Crippen LogP contribution is -2.25. The predicted molar refractivity (Wildman–Crippen MR) is 71.1 cm³/mol. The van der Waals surface area contributed by atoms with Crippen molar-refractivity contribution in [3.05, 3.63) is 40.2 Å². The molecule has 2 rings (SSSR count). The number of aromatic nitrogens is 1. The quantitative estimate of drug-likeness (QED) is 0.845. The molecule has 0 fully saturated rings. The minimum absolute atomic E-state index is 0.227. The average Bonchev–Trinajstić information content (AvgIpc) is 2.43. The topological polar surface area (TPSA) is 75.2 Å². The fraction of sp³-hybridized carbons (Fsp3) is 0.286. The molecule has 0 spiro atoms. The summed E-state index contributed by atoms with van der Waals surface area (Å²) in [4.78, 5) is 12.2. The summed E-state index contributed by atoms with van der Waals surface area (Å²) in [6.45, 7) is 3.17. The first-order chi connectivity index (χ1) is 9.20. The molecule has 5 nitrogen and oxygen atoms in total. The number of hydrogen-bond donors (Lipinski definition) is 1. The number of aromatic hydroxyl groups is 1. The third-order valence-electron chi connectivity index (χ3n) is 2.92. The third kappa shape index (κ3) is 2.30. The largest absolute Gasteiger partial charge is 0.506 e. The van der Waals surface area contributed by atoms with Crippen molar-refractivity contribution in [2.45, 2.75) is 13.5 Å². The Morgan fingerprint density at radius 3 is 2.84 bits per heavy atom. The molecule has 0 aliphatic carbocycles. The molecule has 0 radical (unpaired) electrons. The zero-order valence-corrected chi connectivity index (χ0v) is 10.6. The Hall–Kier alpha value is -2.32. The van der Waals surface area contributed by atoms with Gasteiger partial charge in [0.1, 0.15) is 11.8 Å². The minimum Gasteiger partial charge on any atom is -0.506 e. The first-order valence-electron chi connectivity index (χ1n) is 6.03. The van der Waals surface area contributed by atoms with Crippen LogP contribution in [0.25, 0.3) is 10.9 Å². The zero-order chi connectivity index (χ0) is 13.8. The summed E-state index contributed by atoms with van der Waals surface area (Å²) >= 11 is 0. The van der Waals surface area contributed by atoms with E-state index in [9.17, 15) is 9.90 Å². The van der Waals surface area contributed by atoms with Gasteiger partial charge in [0.05, 0.1) is 12.1 Å². The number of rotatable bonds is 4. The summed E-state index contributed by atoms with van der Waals surface area (Å²) in [5.74, 6) is -0.254. The monoisotopic (exact) mass is 258 g/mol. The number of pyridine rings is 1. The number of hydrogen-bond acceptors (Lipinski definition) is 4. The lowest BCUT2D eigenvalue weighted by atomic mass is 10.1. The standard InChI is InChI=1S/C14H14N2O3/c1-2-19-8-7-16-12-6-4-3-5-10(12)13(17)11(9-15)14(16)18/h3-6,17H,2,7-8H2,1H3. The molecule has 0 bridgehead atoms. The maximum atomic E-state index is 12.2. The summed E-state index contributed by atoms with van der Waals surface area (Å²) in [5.41, 5.74) is -0.114. The summed E-state index contributed by atoms with van der Waals surface area (Å²) < 4.78 is 6.70. The van der Waals surface area contributed by atoms with Crippen LogP contribution in [0.4, 0.5) is 0 Å². The van der Waals surface area contributed by atoms with E-state index in [4.69, 9.17) is 10.00 Å². The highest BCUT2D eigenvalue weighted by Gasteiger charge is 2.15. The van der Waals surface area contributed by atoms with E-state index in [2.05, 4.69) is 0 Å². The van der Waals surface area contributed by atoms with Gasteiger partial charge in [0.25, 0.3) is 5.56 Å². The zero-order valence-electron chi connectivity index (χ0n) is 10.6. The van der Waals surface area contributed by atoms with E-state index in [1.807, 2.05) is 6.92 Å². The Labute approximate surface area is 110 Å². The smallest absolute Gasteiger partial charge is 0.272 e. The van der Waals surface area contributed by atoms with E-state index >= 15 is 0 Å². The Kier molecular flexibility index (Phi) is 3.83. The first kappa shape index (κ1) is 13.1. The Morgan fingerprint density at radius 1 is 1.42 bits per heavy atom. The van der Waals surface area contributed by atoms with Crippen LogP contribution in [0.5, 0.6) is 5.75 Å². The van der Waals surface area contributed by atoms with Crippen LogP contribution in [-0.2, 0) is 11.3 Å². The first-order valence-corrected chi connectivity index (χ1v) is 6.03. The number of para-hydroxylation sites is 1. The van der Waals surface area contributed by atoms with E-state index in [1.165, 1.54) is 4.57 Å². The second kappa shape index (κ2) is 5.55. The second-order valence-corrected chi connectivity index (χ2v) is 4.01. The predicted octanol–water partition coefficient (Wildman–Crippen LogP) is 1.62. The molecule has 5 heteroatoms. The van der Waals surface area contributed by atoms with Crippen LogP contribution < -0.4 is 5.56 Å². The van der Waals surface area contributed by atoms with E-state index < -0.39 is 5.56 Å². The lowest BCUT2D eigenvalue weighted by Gasteiger charge is -2.12. The third-order valence-corrected chi connectivity index (χ3v) is 2.92. The molecule has 0 aliphatic heterocycles. The van der Waals surface area contributed by atoms with Crippen LogP contribution in [0.15, 0.2) is 29.1 Å². The van der Waals surface area contributed by atoms with Gasteiger partial charge in [-0.3, -0.25) is 4.79 Å².